The summed E-state index contributed by atoms with van der Waals surface area (Å²) in [6.45, 7) is 6.79. The highest BCUT2D eigenvalue weighted by molar-refractivity contribution is 5.78. The lowest BCUT2D eigenvalue weighted by Gasteiger charge is -2.33. The maximum atomic E-state index is 12.3. The Kier molecular flexibility index (Phi) is 4.82. The van der Waals surface area contributed by atoms with Crippen molar-refractivity contribution in [1.29, 1.82) is 0 Å². The zero-order valence-electron chi connectivity index (χ0n) is 13.8. The molecule has 2 aliphatic rings. The number of carbonyl (C=O) groups is 1. The minimum Gasteiger partial charge on any atom is -0.341 e. The van der Waals surface area contributed by atoms with Crippen LogP contribution in [0.5, 0.6) is 0 Å². The SMILES string of the molecule is CC(C)c1cccc(C2CCCN(C(=O)CNC3CC3)C2)c1. The Morgan fingerprint density at radius 3 is 2.86 bits per heavy atom. The molecule has 1 heterocycles. The topological polar surface area (TPSA) is 32.3 Å². The average Bonchev–Trinajstić information content (AvgIpc) is 3.37. The fourth-order valence-corrected chi connectivity index (χ4v) is 3.28. The number of hydrogen-bond donors (Lipinski definition) is 1. The number of nitrogens with zero attached hydrogens (tertiary/aromatic N) is 1. The molecule has 0 spiro atoms. The molecule has 1 aromatic rings. The zero-order chi connectivity index (χ0) is 15.5. The number of piperidine rings is 1. The lowest BCUT2D eigenvalue weighted by molar-refractivity contribution is -0.131. The highest BCUT2D eigenvalue weighted by Gasteiger charge is 2.27. The maximum absolute atomic E-state index is 12.3. The van der Waals surface area contributed by atoms with Crippen LogP contribution in [0.25, 0.3) is 0 Å². The minimum atomic E-state index is 0.275. The van der Waals surface area contributed by atoms with E-state index in [1.165, 1.54) is 30.4 Å². The maximum Gasteiger partial charge on any atom is 0.236 e. The van der Waals surface area contributed by atoms with Gasteiger partial charge in [-0.15, -0.1) is 0 Å². The Morgan fingerprint density at radius 2 is 2.14 bits per heavy atom. The third-order valence-corrected chi connectivity index (χ3v) is 4.94. The molecule has 0 bridgehead atoms. The summed E-state index contributed by atoms with van der Waals surface area (Å²) in [5.74, 6) is 1.33. The van der Waals surface area contributed by atoms with Gasteiger partial charge in [0.2, 0.25) is 5.91 Å². The van der Waals surface area contributed by atoms with Crippen LogP contribution in [0.3, 0.4) is 0 Å². The van der Waals surface area contributed by atoms with E-state index in [9.17, 15) is 4.79 Å². The fraction of sp³-hybridized carbons (Fsp3) is 0.632. The van der Waals surface area contributed by atoms with E-state index in [4.69, 9.17) is 0 Å². The first-order valence-electron chi connectivity index (χ1n) is 8.74. The van der Waals surface area contributed by atoms with Gasteiger partial charge in [0, 0.05) is 25.0 Å². The van der Waals surface area contributed by atoms with Gasteiger partial charge in [0.15, 0.2) is 0 Å². The third-order valence-electron chi connectivity index (χ3n) is 4.94. The molecule has 1 N–H and O–H groups in total. The van der Waals surface area contributed by atoms with Gasteiger partial charge >= 0.3 is 0 Å². The van der Waals surface area contributed by atoms with Gasteiger partial charge in [-0.2, -0.15) is 0 Å². The minimum absolute atomic E-state index is 0.275. The van der Waals surface area contributed by atoms with E-state index in [1.54, 1.807) is 0 Å². The van der Waals surface area contributed by atoms with Crippen LogP contribution >= 0.6 is 0 Å². The molecular formula is C19H28N2O. The van der Waals surface area contributed by atoms with Crippen molar-refractivity contribution < 1.29 is 4.79 Å². The predicted octanol–water partition coefficient (Wildman–Crippen LogP) is 3.27. The molecule has 120 valence electrons. The molecule has 1 amide bonds. The summed E-state index contributed by atoms with van der Waals surface area (Å²) in [7, 11) is 0. The van der Waals surface area contributed by atoms with Gasteiger partial charge in [0.05, 0.1) is 6.54 Å². The molecule has 3 nitrogen and oxygen atoms in total. The second-order valence-corrected chi connectivity index (χ2v) is 7.16. The Morgan fingerprint density at radius 1 is 1.32 bits per heavy atom. The van der Waals surface area contributed by atoms with Gasteiger partial charge in [-0.3, -0.25) is 4.79 Å². The van der Waals surface area contributed by atoms with E-state index in [0.717, 1.165) is 19.5 Å². The van der Waals surface area contributed by atoms with E-state index in [1.807, 2.05) is 0 Å². The van der Waals surface area contributed by atoms with E-state index in [2.05, 4.69) is 48.3 Å². The number of nitrogens with one attached hydrogen (secondary N) is 1. The first-order valence-corrected chi connectivity index (χ1v) is 8.74. The number of likely N-dealkylation sites (tertiary alicyclic amines) is 1. The number of rotatable bonds is 5. The molecule has 1 unspecified atom stereocenters. The Balaban J connectivity index is 1.61. The van der Waals surface area contributed by atoms with Gasteiger partial charge in [-0.25, -0.2) is 0 Å². The smallest absolute Gasteiger partial charge is 0.236 e. The van der Waals surface area contributed by atoms with Crippen LogP contribution in [0.2, 0.25) is 0 Å². The highest BCUT2D eigenvalue weighted by Crippen LogP contribution is 2.29. The first-order chi connectivity index (χ1) is 10.6. The van der Waals surface area contributed by atoms with Gasteiger partial charge in [-0.1, -0.05) is 38.1 Å². The summed E-state index contributed by atoms with van der Waals surface area (Å²) in [4.78, 5) is 14.4. The fourth-order valence-electron chi connectivity index (χ4n) is 3.28. The molecule has 1 aromatic carbocycles. The quantitative estimate of drug-likeness (QED) is 0.905. The second-order valence-electron chi connectivity index (χ2n) is 7.16. The highest BCUT2D eigenvalue weighted by atomic mass is 16.2. The van der Waals surface area contributed by atoms with Crippen molar-refractivity contribution >= 4 is 5.91 Å². The van der Waals surface area contributed by atoms with Crippen LogP contribution in [0.1, 0.15) is 62.5 Å². The predicted molar refractivity (Wildman–Crippen MR) is 90.1 cm³/mol. The molecule has 1 atom stereocenters. The van der Waals surface area contributed by atoms with E-state index in [-0.39, 0.29) is 5.91 Å². The Labute approximate surface area is 134 Å². The molecule has 22 heavy (non-hydrogen) atoms. The third kappa shape index (κ3) is 3.89. The monoisotopic (exact) mass is 300 g/mol. The van der Waals surface area contributed by atoms with Crippen LogP contribution in [0, 0.1) is 0 Å². The lowest BCUT2D eigenvalue weighted by atomic mass is 9.88. The van der Waals surface area contributed by atoms with Crippen LogP contribution in [0.15, 0.2) is 24.3 Å². The first kappa shape index (κ1) is 15.5. The van der Waals surface area contributed by atoms with Crippen LogP contribution in [-0.2, 0) is 4.79 Å². The molecule has 1 aliphatic heterocycles. The zero-order valence-corrected chi connectivity index (χ0v) is 13.8. The van der Waals surface area contributed by atoms with Gasteiger partial charge in [0.1, 0.15) is 0 Å². The summed E-state index contributed by atoms with van der Waals surface area (Å²) in [6.07, 6.45) is 4.78. The molecule has 1 saturated carbocycles. The summed E-state index contributed by atoms with van der Waals surface area (Å²) in [6, 6.07) is 9.55. The average molecular weight is 300 g/mol. The van der Waals surface area contributed by atoms with Crippen molar-refractivity contribution in [3.8, 4) is 0 Å². The number of benzene rings is 1. The van der Waals surface area contributed by atoms with Crippen molar-refractivity contribution in [2.75, 3.05) is 19.6 Å². The van der Waals surface area contributed by atoms with Gasteiger partial charge < -0.3 is 10.2 Å². The standard InChI is InChI=1S/C19H28N2O/c1-14(2)15-5-3-6-16(11-15)17-7-4-10-21(13-17)19(22)12-20-18-8-9-18/h3,5-6,11,14,17-18,20H,4,7-10,12-13H2,1-2H3. The molecule has 0 radical (unpaired) electrons. The van der Waals surface area contributed by atoms with Crippen molar-refractivity contribution in [3.63, 3.8) is 0 Å². The second kappa shape index (κ2) is 6.82. The lowest BCUT2D eigenvalue weighted by Crippen LogP contribution is -2.43. The summed E-state index contributed by atoms with van der Waals surface area (Å²) >= 11 is 0. The van der Waals surface area contributed by atoms with Crippen LogP contribution in [-0.4, -0.2) is 36.5 Å². The Hall–Kier alpha value is -1.35. The van der Waals surface area contributed by atoms with Crippen LogP contribution in [0.4, 0.5) is 0 Å². The van der Waals surface area contributed by atoms with E-state index >= 15 is 0 Å². The normalized spacial score (nSPS) is 22.1. The molecule has 0 aromatic heterocycles. The van der Waals surface area contributed by atoms with Gasteiger partial charge in [-0.05, 0) is 42.7 Å². The molecule has 1 saturated heterocycles. The number of hydrogen-bond acceptors (Lipinski definition) is 2. The summed E-state index contributed by atoms with van der Waals surface area (Å²) in [5, 5.41) is 3.34. The summed E-state index contributed by atoms with van der Waals surface area (Å²) < 4.78 is 0. The van der Waals surface area contributed by atoms with E-state index < -0.39 is 0 Å². The van der Waals surface area contributed by atoms with Crippen molar-refractivity contribution in [2.45, 2.75) is 57.4 Å². The number of carbonyl (C=O) groups excluding carboxylic acids is 1. The molecule has 1 aliphatic carbocycles. The molecular weight excluding hydrogens is 272 g/mol. The van der Waals surface area contributed by atoms with Crippen molar-refractivity contribution in [2.24, 2.45) is 0 Å². The van der Waals surface area contributed by atoms with Crippen molar-refractivity contribution in [1.82, 2.24) is 10.2 Å². The molecule has 3 heteroatoms. The van der Waals surface area contributed by atoms with E-state index in [0.29, 0.717) is 24.4 Å². The number of amides is 1. The molecule has 2 fully saturated rings. The summed E-state index contributed by atoms with van der Waals surface area (Å²) in [5.41, 5.74) is 2.80. The Bertz CT molecular complexity index is 522. The van der Waals surface area contributed by atoms with Crippen molar-refractivity contribution in [3.05, 3.63) is 35.4 Å². The largest absolute Gasteiger partial charge is 0.341 e. The van der Waals surface area contributed by atoms with Gasteiger partial charge in [0.25, 0.3) is 0 Å². The van der Waals surface area contributed by atoms with Crippen LogP contribution < -0.4 is 5.32 Å². The molecule has 3 rings (SSSR count).